The van der Waals surface area contributed by atoms with Gasteiger partial charge in [-0.2, -0.15) is 0 Å². The number of hydrogen-bond acceptors (Lipinski definition) is 5. The van der Waals surface area contributed by atoms with Crippen molar-refractivity contribution in [2.24, 2.45) is 0 Å². The van der Waals surface area contributed by atoms with Crippen LogP contribution in [0.1, 0.15) is 135 Å². The quantitative estimate of drug-likeness (QED) is 0.0665. The van der Waals surface area contributed by atoms with E-state index < -0.39 is 12.0 Å². The SMILES string of the molecule is CCCCCCCCCC(=O)NC(C)Cc1csc2ccccc12.CCCCCCCCCC(=O)NC(Cc1csc2ccccc12)C(=O)O. The van der Waals surface area contributed by atoms with Crippen molar-refractivity contribution in [3.05, 3.63) is 70.4 Å². The van der Waals surface area contributed by atoms with E-state index in [0.717, 1.165) is 47.8 Å². The molecule has 2 aromatic carbocycles. The average Bonchev–Trinajstić information content (AvgIpc) is 3.71. The van der Waals surface area contributed by atoms with Crippen molar-refractivity contribution in [2.75, 3.05) is 0 Å². The molecule has 274 valence electrons. The molecule has 2 heterocycles. The first kappa shape index (κ1) is 41.2. The molecule has 0 spiro atoms. The van der Waals surface area contributed by atoms with E-state index in [1.165, 1.54) is 79.9 Å². The number of thiophene rings is 2. The molecule has 6 nitrogen and oxygen atoms in total. The number of carboxylic acids is 1. The van der Waals surface area contributed by atoms with Gasteiger partial charge in [-0.1, -0.05) is 127 Å². The lowest BCUT2D eigenvalue weighted by Crippen LogP contribution is -2.42. The second-order valence-electron chi connectivity index (χ2n) is 13.6. The van der Waals surface area contributed by atoms with Gasteiger partial charge in [-0.3, -0.25) is 9.59 Å². The highest BCUT2D eigenvalue weighted by Crippen LogP contribution is 2.27. The average molecular weight is 721 g/mol. The maximum absolute atomic E-state index is 12.1. The minimum Gasteiger partial charge on any atom is -0.480 e. The van der Waals surface area contributed by atoms with Crippen LogP contribution in [0.5, 0.6) is 0 Å². The lowest BCUT2D eigenvalue weighted by Gasteiger charge is -2.14. The summed E-state index contributed by atoms with van der Waals surface area (Å²) in [5, 5.41) is 21.9. The fraction of sp³-hybridized carbons (Fsp3) is 0.548. The van der Waals surface area contributed by atoms with Gasteiger partial charge < -0.3 is 15.7 Å². The van der Waals surface area contributed by atoms with Crippen molar-refractivity contribution in [1.82, 2.24) is 10.6 Å². The number of amides is 2. The third-order valence-corrected chi connectivity index (χ3v) is 11.2. The Morgan fingerprint density at radius 2 is 1.02 bits per heavy atom. The predicted octanol–water partition coefficient (Wildman–Crippen LogP) is 11.2. The van der Waals surface area contributed by atoms with Gasteiger partial charge in [0.2, 0.25) is 11.8 Å². The maximum atomic E-state index is 12.1. The normalized spacial score (nSPS) is 12.3. The monoisotopic (exact) mass is 720 g/mol. The predicted molar refractivity (Wildman–Crippen MR) is 213 cm³/mol. The number of aliphatic carboxylic acids is 1. The summed E-state index contributed by atoms with van der Waals surface area (Å²) in [4.78, 5) is 35.7. The van der Waals surface area contributed by atoms with Crippen molar-refractivity contribution in [3.63, 3.8) is 0 Å². The van der Waals surface area contributed by atoms with Crippen LogP contribution in [0.2, 0.25) is 0 Å². The van der Waals surface area contributed by atoms with Crippen LogP contribution < -0.4 is 10.6 Å². The van der Waals surface area contributed by atoms with E-state index in [9.17, 15) is 19.5 Å². The van der Waals surface area contributed by atoms with Gasteiger partial charge in [0.1, 0.15) is 6.04 Å². The Labute approximate surface area is 308 Å². The number of unbranched alkanes of at least 4 members (excludes halogenated alkanes) is 12. The Balaban J connectivity index is 0.000000271. The number of benzene rings is 2. The lowest BCUT2D eigenvalue weighted by molar-refractivity contribution is -0.141. The van der Waals surface area contributed by atoms with Crippen LogP contribution in [0, 0.1) is 0 Å². The number of hydrogen-bond donors (Lipinski definition) is 3. The van der Waals surface area contributed by atoms with Crippen LogP contribution in [-0.4, -0.2) is 35.0 Å². The number of rotatable bonds is 23. The zero-order valence-electron chi connectivity index (χ0n) is 30.6. The Bertz CT molecular complexity index is 1560. The molecule has 2 aromatic heterocycles. The molecule has 0 aliphatic heterocycles. The number of nitrogens with one attached hydrogen (secondary N) is 2. The Morgan fingerprint density at radius 3 is 1.50 bits per heavy atom. The second-order valence-corrected chi connectivity index (χ2v) is 15.4. The van der Waals surface area contributed by atoms with Gasteiger partial charge >= 0.3 is 5.97 Å². The summed E-state index contributed by atoms with van der Waals surface area (Å²) in [7, 11) is 0. The summed E-state index contributed by atoms with van der Waals surface area (Å²) in [6.45, 7) is 6.54. The van der Waals surface area contributed by atoms with Gasteiger partial charge in [0.05, 0.1) is 0 Å². The van der Waals surface area contributed by atoms with Gasteiger partial charge in [-0.15, -0.1) is 22.7 Å². The third kappa shape index (κ3) is 15.3. The summed E-state index contributed by atoms with van der Waals surface area (Å²) >= 11 is 3.39. The van der Waals surface area contributed by atoms with Gasteiger partial charge in [-0.05, 0) is 71.0 Å². The molecule has 2 unspecified atom stereocenters. The van der Waals surface area contributed by atoms with Crippen LogP contribution in [0.25, 0.3) is 20.2 Å². The van der Waals surface area contributed by atoms with Crippen molar-refractivity contribution in [3.8, 4) is 0 Å². The zero-order chi connectivity index (χ0) is 36.0. The van der Waals surface area contributed by atoms with Crippen LogP contribution in [0.3, 0.4) is 0 Å². The zero-order valence-corrected chi connectivity index (χ0v) is 32.3. The fourth-order valence-electron chi connectivity index (χ4n) is 6.28. The van der Waals surface area contributed by atoms with Gasteiger partial charge in [0.25, 0.3) is 0 Å². The fourth-order valence-corrected chi connectivity index (χ4v) is 8.23. The standard InChI is InChI=1S/C21H29NO3S.C21H31NOS/c1-2-3-4-5-6-7-8-13-20(23)22-18(21(24)25)14-16-15-26-19-12-10-9-11-17(16)19;1-3-4-5-6-7-8-9-14-21(23)22-17(2)15-18-16-24-20-13-11-10-12-19(18)20/h9-12,15,18H,2-8,13-14H2,1H3,(H,22,23)(H,24,25);10-13,16-17H,3-9,14-15H2,1-2H3,(H,22,23). The molecule has 2 amide bonds. The van der Waals surface area contributed by atoms with Gasteiger partial charge in [0.15, 0.2) is 0 Å². The van der Waals surface area contributed by atoms with E-state index in [1.807, 2.05) is 29.6 Å². The first-order valence-corrected chi connectivity index (χ1v) is 20.8. The van der Waals surface area contributed by atoms with Crippen LogP contribution in [0.15, 0.2) is 59.3 Å². The number of fused-ring (bicyclic) bond motifs is 2. The smallest absolute Gasteiger partial charge is 0.326 e. The molecule has 0 bridgehead atoms. The molecule has 0 saturated heterocycles. The van der Waals surface area contributed by atoms with E-state index in [0.29, 0.717) is 19.3 Å². The molecule has 0 fully saturated rings. The minimum absolute atomic E-state index is 0.162. The highest BCUT2D eigenvalue weighted by atomic mass is 32.1. The molecular weight excluding hydrogens is 661 g/mol. The first-order valence-electron chi connectivity index (χ1n) is 19.0. The topological polar surface area (TPSA) is 95.5 Å². The minimum atomic E-state index is -0.979. The summed E-state index contributed by atoms with van der Waals surface area (Å²) in [6, 6.07) is 15.8. The molecule has 4 aromatic rings. The summed E-state index contributed by atoms with van der Waals surface area (Å²) in [6.07, 6.45) is 19.1. The molecule has 0 saturated carbocycles. The highest BCUT2D eigenvalue weighted by molar-refractivity contribution is 7.17. The van der Waals surface area contributed by atoms with Crippen LogP contribution in [-0.2, 0) is 27.2 Å². The molecular formula is C42H60N2O4S2. The van der Waals surface area contributed by atoms with Crippen molar-refractivity contribution in [1.29, 1.82) is 0 Å². The van der Waals surface area contributed by atoms with Crippen molar-refractivity contribution in [2.45, 2.75) is 148 Å². The van der Waals surface area contributed by atoms with Crippen LogP contribution in [0.4, 0.5) is 0 Å². The molecule has 2 atom stereocenters. The largest absolute Gasteiger partial charge is 0.480 e. The van der Waals surface area contributed by atoms with Crippen molar-refractivity contribution < 1.29 is 19.5 Å². The number of carboxylic acid groups (broad SMARTS) is 1. The number of carbonyl (C=O) groups is 3. The Kier molecular flexibility index (Phi) is 19.8. The molecule has 4 rings (SSSR count). The molecule has 3 N–H and O–H groups in total. The van der Waals surface area contributed by atoms with E-state index >= 15 is 0 Å². The van der Waals surface area contributed by atoms with Gasteiger partial charge in [-0.25, -0.2) is 4.79 Å². The maximum Gasteiger partial charge on any atom is 0.326 e. The summed E-state index contributed by atoms with van der Waals surface area (Å²) in [5.41, 5.74) is 2.33. The second kappa shape index (κ2) is 24.0. The Morgan fingerprint density at radius 1 is 0.600 bits per heavy atom. The van der Waals surface area contributed by atoms with E-state index in [4.69, 9.17) is 0 Å². The molecule has 50 heavy (non-hydrogen) atoms. The van der Waals surface area contributed by atoms with Gasteiger partial charge in [0, 0.05) is 34.7 Å². The highest BCUT2D eigenvalue weighted by Gasteiger charge is 2.21. The lowest BCUT2D eigenvalue weighted by atomic mass is 10.0. The first-order chi connectivity index (χ1) is 24.3. The summed E-state index contributed by atoms with van der Waals surface area (Å²) < 4.78 is 2.47. The number of carbonyl (C=O) groups excluding carboxylic acids is 2. The van der Waals surface area contributed by atoms with E-state index in [1.54, 1.807) is 22.7 Å². The molecule has 0 aliphatic carbocycles. The molecule has 0 radical (unpaired) electrons. The van der Waals surface area contributed by atoms with Crippen LogP contribution >= 0.6 is 22.7 Å². The summed E-state index contributed by atoms with van der Waals surface area (Å²) in [5.74, 6) is -0.936. The Hall–Kier alpha value is -3.23. The van der Waals surface area contributed by atoms with E-state index in [2.05, 4.69) is 61.1 Å². The van der Waals surface area contributed by atoms with Crippen molar-refractivity contribution >= 4 is 60.6 Å². The third-order valence-electron chi connectivity index (χ3n) is 9.13. The van der Waals surface area contributed by atoms with E-state index in [-0.39, 0.29) is 17.9 Å². The molecule has 0 aliphatic rings. The molecule has 8 heteroatoms.